The van der Waals surface area contributed by atoms with Crippen LogP contribution >= 0.6 is 0 Å². The summed E-state index contributed by atoms with van der Waals surface area (Å²) < 4.78 is 4.79. The molecule has 1 heterocycles. The molecule has 1 spiro atoms. The number of ether oxygens (including phenoxy) is 1. The van der Waals surface area contributed by atoms with E-state index in [9.17, 15) is 4.79 Å². The molecule has 0 aromatic rings. The van der Waals surface area contributed by atoms with Crippen LogP contribution < -0.4 is 0 Å². The SMILES string of the molecule is CCC(=CCN1CCC2(CCCC2)CC1)C(=O)OC. The van der Waals surface area contributed by atoms with Crippen LogP contribution in [-0.4, -0.2) is 37.6 Å². The Bertz CT molecular complexity index is 333. The summed E-state index contributed by atoms with van der Waals surface area (Å²) in [5.74, 6) is -0.174. The van der Waals surface area contributed by atoms with Crippen molar-refractivity contribution in [3.63, 3.8) is 0 Å². The third-order valence-electron chi connectivity index (χ3n) is 5.01. The van der Waals surface area contributed by atoms with Gasteiger partial charge in [0.2, 0.25) is 0 Å². The highest BCUT2D eigenvalue weighted by Gasteiger charge is 2.36. The summed E-state index contributed by atoms with van der Waals surface area (Å²) in [6, 6.07) is 0. The largest absolute Gasteiger partial charge is 0.466 e. The Kier molecular flexibility index (Phi) is 5.03. The highest BCUT2D eigenvalue weighted by Crippen LogP contribution is 2.45. The predicted molar refractivity (Wildman–Crippen MR) is 77.0 cm³/mol. The van der Waals surface area contributed by atoms with E-state index in [0.29, 0.717) is 5.41 Å². The van der Waals surface area contributed by atoms with Gasteiger partial charge in [-0.3, -0.25) is 4.90 Å². The number of esters is 1. The van der Waals surface area contributed by atoms with Gasteiger partial charge in [-0.05, 0) is 50.6 Å². The zero-order valence-corrected chi connectivity index (χ0v) is 12.4. The van der Waals surface area contributed by atoms with Gasteiger partial charge in [0.1, 0.15) is 0 Å². The molecule has 19 heavy (non-hydrogen) atoms. The van der Waals surface area contributed by atoms with E-state index < -0.39 is 0 Å². The van der Waals surface area contributed by atoms with E-state index in [-0.39, 0.29) is 5.97 Å². The third-order valence-corrected chi connectivity index (χ3v) is 5.01. The van der Waals surface area contributed by atoms with Crippen LogP contribution in [0.5, 0.6) is 0 Å². The first-order valence-corrected chi connectivity index (χ1v) is 7.69. The van der Waals surface area contributed by atoms with Crippen molar-refractivity contribution in [2.75, 3.05) is 26.7 Å². The number of carbonyl (C=O) groups is 1. The lowest BCUT2D eigenvalue weighted by molar-refractivity contribution is -0.136. The second-order valence-corrected chi connectivity index (χ2v) is 6.08. The molecule has 0 unspecified atom stereocenters. The van der Waals surface area contributed by atoms with Crippen molar-refractivity contribution in [2.24, 2.45) is 5.41 Å². The van der Waals surface area contributed by atoms with Crippen molar-refractivity contribution < 1.29 is 9.53 Å². The van der Waals surface area contributed by atoms with Gasteiger partial charge < -0.3 is 4.74 Å². The van der Waals surface area contributed by atoms with Crippen molar-refractivity contribution in [1.82, 2.24) is 4.90 Å². The summed E-state index contributed by atoms with van der Waals surface area (Å²) in [7, 11) is 1.45. The molecule has 2 rings (SSSR count). The van der Waals surface area contributed by atoms with Gasteiger partial charge in [0.05, 0.1) is 7.11 Å². The van der Waals surface area contributed by atoms with E-state index >= 15 is 0 Å². The fourth-order valence-corrected chi connectivity index (χ4v) is 3.58. The maximum atomic E-state index is 11.5. The number of likely N-dealkylation sites (tertiary alicyclic amines) is 1. The van der Waals surface area contributed by atoms with Crippen molar-refractivity contribution in [3.8, 4) is 0 Å². The molecule has 0 atom stereocenters. The van der Waals surface area contributed by atoms with Gasteiger partial charge in [-0.1, -0.05) is 25.8 Å². The minimum Gasteiger partial charge on any atom is -0.466 e. The lowest BCUT2D eigenvalue weighted by Crippen LogP contribution is -2.39. The molecule has 1 aliphatic carbocycles. The number of hydrogen-bond donors (Lipinski definition) is 0. The standard InChI is InChI=1S/C16H27NO2/c1-3-14(15(18)19-2)6-11-17-12-9-16(10-13-17)7-4-5-8-16/h6H,3-5,7-13H2,1-2H3. The quantitative estimate of drug-likeness (QED) is 0.577. The van der Waals surface area contributed by atoms with Gasteiger partial charge in [-0.15, -0.1) is 0 Å². The Morgan fingerprint density at radius 2 is 1.84 bits per heavy atom. The molecule has 0 N–H and O–H groups in total. The van der Waals surface area contributed by atoms with E-state index in [0.717, 1.165) is 18.5 Å². The van der Waals surface area contributed by atoms with Crippen LogP contribution in [0.2, 0.25) is 0 Å². The summed E-state index contributed by atoms with van der Waals surface area (Å²) >= 11 is 0. The molecule has 1 aliphatic heterocycles. The molecule has 0 aromatic carbocycles. The van der Waals surface area contributed by atoms with Crippen LogP contribution in [0.25, 0.3) is 0 Å². The van der Waals surface area contributed by atoms with E-state index in [1.807, 2.05) is 6.92 Å². The van der Waals surface area contributed by atoms with Crippen molar-refractivity contribution in [1.29, 1.82) is 0 Å². The van der Waals surface area contributed by atoms with Crippen molar-refractivity contribution >= 4 is 5.97 Å². The Balaban J connectivity index is 1.82. The Hall–Kier alpha value is -0.830. The molecule has 2 aliphatic rings. The highest BCUT2D eigenvalue weighted by molar-refractivity contribution is 5.88. The lowest BCUT2D eigenvalue weighted by atomic mass is 9.77. The first kappa shape index (κ1) is 14.6. The average Bonchev–Trinajstić information content (AvgIpc) is 2.89. The van der Waals surface area contributed by atoms with Crippen LogP contribution in [0.4, 0.5) is 0 Å². The van der Waals surface area contributed by atoms with Crippen LogP contribution in [0.15, 0.2) is 11.6 Å². The van der Waals surface area contributed by atoms with Gasteiger partial charge in [0.25, 0.3) is 0 Å². The lowest BCUT2D eigenvalue weighted by Gasteiger charge is -2.39. The average molecular weight is 265 g/mol. The van der Waals surface area contributed by atoms with E-state index in [1.54, 1.807) is 0 Å². The molecule has 3 heteroatoms. The van der Waals surface area contributed by atoms with Gasteiger partial charge in [-0.25, -0.2) is 4.79 Å². The maximum absolute atomic E-state index is 11.5. The summed E-state index contributed by atoms with van der Waals surface area (Å²) in [6.45, 7) is 5.28. The van der Waals surface area contributed by atoms with Gasteiger partial charge in [0, 0.05) is 12.1 Å². The van der Waals surface area contributed by atoms with Crippen LogP contribution in [0.3, 0.4) is 0 Å². The highest BCUT2D eigenvalue weighted by atomic mass is 16.5. The zero-order valence-electron chi connectivity index (χ0n) is 12.4. The van der Waals surface area contributed by atoms with E-state index in [4.69, 9.17) is 4.74 Å². The fourth-order valence-electron chi connectivity index (χ4n) is 3.58. The zero-order chi connectivity index (χ0) is 13.7. The molecular weight excluding hydrogens is 238 g/mol. The molecule has 1 saturated heterocycles. The molecule has 3 nitrogen and oxygen atoms in total. The monoisotopic (exact) mass is 265 g/mol. The Morgan fingerprint density at radius 1 is 1.21 bits per heavy atom. The minimum absolute atomic E-state index is 0.174. The molecular formula is C16H27NO2. The summed E-state index contributed by atoms with van der Waals surface area (Å²) in [5, 5.41) is 0. The van der Waals surface area contributed by atoms with Crippen LogP contribution in [-0.2, 0) is 9.53 Å². The number of methoxy groups -OCH3 is 1. The molecule has 108 valence electrons. The van der Waals surface area contributed by atoms with Gasteiger partial charge in [0.15, 0.2) is 0 Å². The second-order valence-electron chi connectivity index (χ2n) is 6.08. The van der Waals surface area contributed by atoms with E-state index in [2.05, 4.69) is 11.0 Å². The van der Waals surface area contributed by atoms with E-state index in [1.165, 1.54) is 58.7 Å². The maximum Gasteiger partial charge on any atom is 0.333 e. The fraction of sp³-hybridized carbons (Fsp3) is 0.812. The summed E-state index contributed by atoms with van der Waals surface area (Å²) in [6.07, 6.45) is 11.3. The Labute approximate surface area is 117 Å². The van der Waals surface area contributed by atoms with Crippen molar-refractivity contribution in [2.45, 2.75) is 51.9 Å². The smallest absolute Gasteiger partial charge is 0.333 e. The number of carbonyl (C=O) groups excluding carboxylic acids is 1. The molecule has 1 saturated carbocycles. The minimum atomic E-state index is -0.174. The first-order chi connectivity index (χ1) is 9.19. The number of rotatable bonds is 4. The first-order valence-electron chi connectivity index (χ1n) is 7.69. The number of nitrogens with zero attached hydrogens (tertiary/aromatic N) is 1. The normalized spacial score (nSPS) is 23.8. The molecule has 0 bridgehead atoms. The third kappa shape index (κ3) is 3.59. The molecule has 0 aromatic heterocycles. The molecule has 0 radical (unpaired) electrons. The van der Waals surface area contributed by atoms with Gasteiger partial charge in [-0.2, -0.15) is 0 Å². The Morgan fingerprint density at radius 3 is 2.37 bits per heavy atom. The topological polar surface area (TPSA) is 29.5 Å². The second kappa shape index (κ2) is 6.56. The van der Waals surface area contributed by atoms with Crippen LogP contribution in [0.1, 0.15) is 51.9 Å². The summed E-state index contributed by atoms with van der Waals surface area (Å²) in [4.78, 5) is 14.0. The molecule has 0 amide bonds. The molecule has 2 fully saturated rings. The predicted octanol–water partition coefficient (Wildman–Crippen LogP) is 3.15. The van der Waals surface area contributed by atoms with Crippen LogP contribution in [0, 0.1) is 5.41 Å². The van der Waals surface area contributed by atoms with Gasteiger partial charge >= 0.3 is 5.97 Å². The summed E-state index contributed by atoms with van der Waals surface area (Å²) in [5.41, 5.74) is 1.49. The van der Waals surface area contributed by atoms with Crippen molar-refractivity contribution in [3.05, 3.63) is 11.6 Å². The number of piperidine rings is 1. The number of hydrogen-bond acceptors (Lipinski definition) is 3.